The van der Waals surface area contributed by atoms with Crippen LogP contribution in [0.25, 0.3) is 11.1 Å². The summed E-state index contributed by atoms with van der Waals surface area (Å²) in [5.74, 6) is 1.30. The molecule has 0 saturated carbocycles. The molecule has 1 fully saturated rings. The second kappa shape index (κ2) is 7.62. The largest absolute Gasteiger partial charge is 0.378 e. The smallest absolute Gasteiger partial charge is 0.246 e. The van der Waals surface area contributed by atoms with E-state index >= 15 is 0 Å². The molecule has 1 atom stereocenters. The Morgan fingerprint density at radius 1 is 1.00 bits per heavy atom. The maximum absolute atomic E-state index is 5.64. The van der Waals surface area contributed by atoms with Gasteiger partial charge in [0.25, 0.3) is 0 Å². The van der Waals surface area contributed by atoms with Gasteiger partial charge in [-0.2, -0.15) is 4.98 Å². The minimum Gasteiger partial charge on any atom is -0.378 e. The summed E-state index contributed by atoms with van der Waals surface area (Å²) in [6, 6.07) is 15.5. The van der Waals surface area contributed by atoms with E-state index in [4.69, 9.17) is 9.26 Å². The van der Waals surface area contributed by atoms with Crippen LogP contribution in [0.4, 0.5) is 0 Å². The predicted octanol–water partition coefficient (Wildman–Crippen LogP) is 4.24. The molecule has 5 nitrogen and oxygen atoms in total. The van der Waals surface area contributed by atoms with Gasteiger partial charge in [-0.05, 0) is 37.5 Å². The fraction of sp³-hybridized carbons (Fsp3) is 0.364. The number of morpholine rings is 1. The lowest BCUT2D eigenvalue weighted by molar-refractivity contribution is -0.0240. The molecule has 0 N–H and O–H groups in total. The number of nitrogens with zero attached hydrogens (tertiary/aromatic N) is 3. The van der Waals surface area contributed by atoms with Gasteiger partial charge in [0.2, 0.25) is 5.89 Å². The second-order valence-electron chi connectivity index (χ2n) is 7.31. The number of aryl methyl sites for hydroxylation is 3. The summed E-state index contributed by atoms with van der Waals surface area (Å²) in [6.07, 6.45) is 0. The fourth-order valence-electron chi connectivity index (χ4n) is 3.68. The lowest BCUT2D eigenvalue weighted by Gasteiger charge is -2.33. The highest BCUT2D eigenvalue weighted by Crippen LogP contribution is 2.27. The standard InChI is InChI=1S/C22H25N3O2/c1-15-10-16(2)12-20(11-15)19-6-4-18(5-7-19)13-25-8-9-26-14-21(25)22-23-17(3)24-27-22/h4-7,10-12,21H,8-9,13-14H2,1-3H3/t21-/m0/s1. The molecule has 0 radical (unpaired) electrons. The zero-order valence-corrected chi connectivity index (χ0v) is 16.1. The van der Waals surface area contributed by atoms with Crippen molar-refractivity contribution in [3.05, 3.63) is 70.9 Å². The maximum Gasteiger partial charge on any atom is 0.246 e. The molecule has 0 amide bonds. The quantitative estimate of drug-likeness (QED) is 0.694. The number of benzene rings is 2. The third-order valence-corrected chi connectivity index (χ3v) is 4.96. The first-order valence-corrected chi connectivity index (χ1v) is 9.38. The molecule has 2 aromatic carbocycles. The summed E-state index contributed by atoms with van der Waals surface area (Å²) >= 11 is 0. The summed E-state index contributed by atoms with van der Waals surface area (Å²) in [5.41, 5.74) is 6.37. The zero-order valence-electron chi connectivity index (χ0n) is 16.1. The van der Waals surface area contributed by atoms with Crippen molar-refractivity contribution in [2.75, 3.05) is 19.8 Å². The van der Waals surface area contributed by atoms with E-state index in [1.54, 1.807) is 0 Å². The van der Waals surface area contributed by atoms with Crippen LogP contribution in [-0.2, 0) is 11.3 Å². The van der Waals surface area contributed by atoms with Gasteiger partial charge in [0.15, 0.2) is 5.82 Å². The highest BCUT2D eigenvalue weighted by atomic mass is 16.5. The van der Waals surface area contributed by atoms with Gasteiger partial charge < -0.3 is 9.26 Å². The topological polar surface area (TPSA) is 51.4 Å². The molecule has 1 aliphatic heterocycles. The summed E-state index contributed by atoms with van der Waals surface area (Å²) in [7, 11) is 0. The van der Waals surface area contributed by atoms with Gasteiger partial charge in [-0.1, -0.05) is 58.7 Å². The van der Waals surface area contributed by atoms with E-state index < -0.39 is 0 Å². The molecule has 1 aromatic heterocycles. The minimum atomic E-state index is 0.0130. The number of hydrogen-bond acceptors (Lipinski definition) is 5. The van der Waals surface area contributed by atoms with Crippen LogP contribution in [0.1, 0.15) is 34.4 Å². The fourth-order valence-corrected chi connectivity index (χ4v) is 3.68. The number of hydrogen-bond donors (Lipinski definition) is 0. The van der Waals surface area contributed by atoms with Gasteiger partial charge in [-0.25, -0.2) is 0 Å². The average Bonchev–Trinajstić information content (AvgIpc) is 3.08. The highest BCUT2D eigenvalue weighted by molar-refractivity contribution is 5.65. The van der Waals surface area contributed by atoms with Crippen LogP contribution in [0.3, 0.4) is 0 Å². The van der Waals surface area contributed by atoms with Gasteiger partial charge in [0, 0.05) is 13.1 Å². The van der Waals surface area contributed by atoms with E-state index in [1.807, 2.05) is 6.92 Å². The van der Waals surface area contributed by atoms with E-state index in [1.165, 1.54) is 27.8 Å². The Morgan fingerprint density at radius 2 is 1.74 bits per heavy atom. The Labute approximate surface area is 160 Å². The van der Waals surface area contributed by atoms with E-state index in [9.17, 15) is 0 Å². The van der Waals surface area contributed by atoms with Gasteiger partial charge in [0.1, 0.15) is 6.04 Å². The number of rotatable bonds is 4. The minimum absolute atomic E-state index is 0.0130. The van der Waals surface area contributed by atoms with Crippen LogP contribution in [-0.4, -0.2) is 34.8 Å². The van der Waals surface area contributed by atoms with Crippen LogP contribution >= 0.6 is 0 Å². The average molecular weight is 363 g/mol. The molecule has 140 valence electrons. The molecule has 0 spiro atoms. The zero-order chi connectivity index (χ0) is 18.8. The van der Waals surface area contributed by atoms with E-state index in [-0.39, 0.29) is 6.04 Å². The van der Waals surface area contributed by atoms with Crippen molar-refractivity contribution in [1.29, 1.82) is 0 Å². The molecule has 3 aromatic rings. The molecule has 1 aliphatic rings. The van der Waals surface area contributed by atoms with Gasteiger partial charge in [-0.3, -0.25) is 4.90 Å². The number of aromatic nitrogens is 2. The van der Waals surface area contributed by atoms with Crippen molar-refractivity contribution >= 4 is 0 Å². The summed E-state index contributed by atoms with van der Waals surface area (Å²) in [6.45, 7) is 9.12. The monoisotopic (exact) mass is 363 g/mol. The van der Waals surface area contributed by atoms with Gasteiger partial charge in [-0.15, -0.1) is 0 Å². The second-order valence-corrected chi connectivity index (χ2v) is 7.31. The van der Waals surface area contributed by atoms with Crippen LogP contribution < -0.4 is 0 Å². The Balaban J connectivity index is 1.51. The van der Waals surface area contributed by atoms with E-state index in [2.05, 4.69) is 71.4 Å². The van der Waals surface area contributed by atoms with Gasteiger partial charge in [0.05, 0.1) is 13.2 Å². The third kappa shape index (κ3) is 4.10. The first kappa shape index (κ1) is 17.9. The molecule has 4 rings (SSSR count). The molecule has 0 bridgehead atoms. The van der Waals surface area contributed by atoms with Crippen LogP contribution in [0.5, 0.6) is 0 Å². The highest BCUT2D eigenvalue weighted by Gasteiger charge is 2.29. The molecule has 1 saturated heterocycles. The molecule has 0 unspecified atom stereocenters. The number of ether oxygens (including phenoxy) is 1. The van der Waals surface area contributed by atoms with E-state index in [0.29, 0.717) is 18.3 Å². The maximum atomic E-state index is 5.64. The van der Waals surface area contributed by atoms with Crippen molar-refractivity contribution < 1.29 is 9.26 Å². The van der Waals surface area contributed by atoms with Crippen molar-refractivity contribution in [3.8, 4) is 11.1 Å². The Kier molecular flexibility index (Phi) is 5.05. The summed E-state index contributed by atoms with van der Waals surface area (Å²) in [5, 5.41) is 3.92. The van der Waals surface area contributed by atoms with Crippen LogP contribution in [0.15, 0.2) is 47.0 Å². The van der Waals surface area contributed by atoms with Crippen LogP contribution in [0.2, 0.25) is 0 Å². The lowest BCUT2D eigenvalue weighted by atomic mass is 9.99. The normalized spacial score (nSPS) is 18.0. The molecule has 0 aliphatic carbocycles. The molecule has 27 heavy (non-hydrogen) atoms. The van der Waals surface area contributed by atoms with Crippen molar-refractivity contribution in [2.24, 2.45) is 0 Å². The van der Waals surface area contributed by atoms with Crippen LogP contribution in [0, 0.1) is 20.8 Å². The molecular weight excluding hydrogens is 338 g/mol. The molecule has 2 heterocycles. The Hall–Kier alpha value is -2.50. The van der Waals surface area contributed by atoms with Crippen molar-refractivity contribution in [3.63, 3.8) is 0 Å². The molecular formula is C22H25N3O2. The predicted molar refractivity (Wildman–Crippen MR) is 104 cm³/mol. The summed E-state index contributed by atoms with van der Waals surface area (Å²) < 4.78 is 11.0. The SMILES string of the molecule is Cc1cc(C)cc(-c2ccc(CN3CCOC[C@H]3c3nc(C)no3)cc2)c1. The van der Waals surface area contributed by atoms with Gasteiger partial charge >= 0.3 is 0 Å². The van der Waals surface area contributed by atoms with Crippen molar-refractivity contribution in [1.82, 2.24) is 15.0 Å². The van der Waals surface area contributed by atoms with Crippen molar-refractivity contribution in [2.45, 2.75) is 33.4 Å². The first-order valence-electron chi connectivity index (χ1n) is 9.38. The lowest BCUT2D eigenvalue weighted by Crippen LogP contribution is -2.39. The first-order chi connectivity index (χ1) is 13.1. The van der Waals surface area contributed by atoms with E-state index in [0.717, 1.165) is 19.7 Å². The Morgan fingerprint density at radius 3 is 2.41 bits per heavy atom. The third-order valence-electron chi connectivity index (χ3n) is 4.96. The summed E-state index contributed by atoms with van der Waals surface area (Å²) in [4.78, 5) is 6.75. The Bertz CT molecular complexity index is 897. The molecule has 5 heteroatoms.